The van der Waals surface area contributed by atoms with Gasteiger partial charge in [0.1, 0.15) is 0 Å². The molecule has 30 heavy (non-hydrogen) atoms. The van der Waals surface area contributed by atoms with E-state index in [0.29, 0.717) is 30.4 Å². The van der Waals surface area contributed by atoms with E-state index in [-0.39, 0.29) is 33.8 Å². The van der Waals surface area contributed by atoms with Crippen LogP contribution in [0, 0.1) is 16.2 Å². The molecule has 2 bridgehead atoms. The molecule has 1 heterocycles. The molecule has 0 spiro atoms. The summed E-state index contributed by atoms with van der Waals surface area (Å²) in [5.41, 5.74) is 1.94. The van der Waals surface area contributed by atoms with Crippen molar-refractivity contribution in [1.29, 1.82) is 0 Å². The SMILES string of the molecule is CC1(C)CC(=O)C2=C(C1)C[C@@]1(C)CC(C)(C)C[C@]2(N2C(=O)c3ccccc3C2=O)C1. The molecule has 3 aliphatic carbocycles. The van der Waals surface area contributed by atoms with Gasteiger partial charge in [0.2, 0.25) is 0 Å². The summed E-state index contributed by atoms with van der Waals surface area (Å²) in [7, 11) is 0. The Bertz CT molecular complexity index is 1010. The molecule has 0 saturated heterocycles. The normalized spacial score (nSPS) is 34.2. The number of benzene rings is 1. The molecule has 158 valence electrons. The van der Waals surface area contributed by atoms with Crippen LogP contribution in [0.25, 0.3) is 0 Å². The van der Waals surface area contributed by atoms with E-state index in [1.807, 2.05) is 0 Å². The fraction of sp³-hybridized carbons (Fsp3) is 0.577. The van der Waals surface area contributed by atoms with Crippen LogP contribution in [-0.2, 0) is 4.79 Å². The summed E-state index contributed by atoms with van der Waals surface area (Å²) < 4.78 is 0. The van der Waals surface area contributed by atoms with Crippen molar-refractivity contribution in [3.8, 4) is 0 Å². The fourth-order valence-electron chi connectivity index (χ4n) is 7.69. The van der Waals surface area contributed by atoms with E-state index < -0.39 is 5.54 Å². The van der Waals surface area contributed by atoms with Gasteiger partial charge in [0.15, 0.2) is 5.78 Å². The van der Waals surface area contributed by atoms with Gasteiger partial charge in [0, 0.05) is 12.0 Å². The second-order valence-corrected chi connectivity index (χ2v) is 12.1. The van der Waals surface area contributed by atoms with Crippen molar-refractivity contribution in [2.45, 2.75) is 78.7 Å². The maximum atomic E-state index is 13.6. The molecule has 1 aliphatic heterocycles. The molecule has 5 rings (SSSR count). The second-order valence-electron chi connectivity index (χ2n) is 12.1. The number of nitrogens with zero attached hydrogens (tertiary/aromatic N) is 1. The van der Waals surface area contributed by atoms with Crippen LogP contribution in [-0.4, -0.2) is 28.0 Å². The number of imide groups is 1. The standard InChI is InChI=1S/C26H31NO3/c1-23(2)10-16-11-25(5)13-24(3,4)14-26(15-25,20(16)19(28)12-23)27-21(29)17-8-6-7-9-18(17)22(27)30/h6-9H,10-15H2,1-5H3/t25-,26-/m0/s1. The van der Waals surface area contributed by atoms with Gasteiger partial charge in [-0.2, -0.15) is 0 Å². The third-order valence-electron chi connectivity index (χ3n) is 7.69. The molecule has 1 aromatic rings. The van der Waals surface area contributed by atoms with Crippen LogP contribution in [0.5, 0.6) is 0 Å². The van der Waals surface area contributed by atoms with Crippen molar-refractivity contribution in [3.63, 3.8) is 0 Å². The second kappa shape index (κ2) is 5.72. The zero-order valence-electron chi connectivity index (χ0n) is 18.7. The van der Waals surface area contributed by atoms with E-state index in [1.165, 1.54) is 10.5 Å². The largest absolute Gasteiger partial charge is 0.294 e. The summed E-state index contributed by atoms with van der Waals surface area (Å²) >= 11 is 0. The average molecular weight is 406 g/mol. The molecule has 0 aromatic heterocycles. The lowest BCUT2D eigenvalue weighted by atomic mass is 9.48. The zero-order chi connectivity index (χ0) is 21.7. The number of ketones is 1. The Morgan fingerprint density at radius 1 is 0.733 bits per heavy atom. The van der Waals surface area contributed by atoms with Crippen molar-refractivity contribution in [2.24, 2.45) is 16.2 Å². The highest BCUT2D eigenvalue weighted by atomic mass is 16.2. The molecule has 4 heteroatoms. The molecule has 0 radical (unpaired) electrons. The first-order valence-corrected chi connectivity index (χ1v) is 11.1. The molecule has 1 aromatic carbocycles. The van der Waals surface area contributed by atoms with Crippen LogP contribution in [0.2, 0.25) is 0 Å². The van der Waals surface area contributed by atoms with E-state index in [2.05, 4.69) is 34.6 Å². The van der Waals surface area contributed by atoms with Crippen molar-refractivity contribution in [3.05, 3.63) is 46.5 Å². The third-order valence-corrected chi connectivity index (χ3v) is 7.69. The number of carbonyl (C=O) groups excluding carboxylic acids is 3. The lowest BCUT2D eigenvalue weighted by Gasteiger charge is -2.61. The molecule has 4 aliphatic rings. The number of Topliss-reactive ketones (excluding diaryl/α,β-unsaturated/α-hetero) is 1. The number of fused-ring (bicyclic) bond motifs is 4. The first-order chi connectivity index (χ1) is 13.9. The molecule has 2 atom stereocenters. The van der Waals surface area contributed by atoms with Gasteiger partial charge in [-0.3, -0.25) is 19.3 Å². The minimum Gasteiger partial charge on any atom is -0.294 e. The van der Waals surface area contributed by atoms with Crippen molar-refractivity contribution >= 4 is 17.6 Å². The van der Waals surface area contributed by atoms with Crippen molar-refractivity contribution in [1.82, 2.24) is 4.90 Å². The Morgan fingerprint density at radius 2 is 1.33 bits per heavy atom. The summed E-state index contributed by atoms with van der Waals surface area (Å²) in [5, 5.41) is 0. The van der Waals surface area contributed by atoms with Gasteiger partial charge >= 0.3 is 0 Å². The Kier molecular flexibility index (Phi) is 3.76. The lowest BCUT2D eigenvalue weighted by molar-refractivity contribution is -0.121. The number of carbonyl (C=O) groups is 3. The summed E-state index contributed by atoms with van der Waals surface area (Å²) in [6.45, 7) is 11.0. The average Bonchev–Trinajstić information content (AvgIpc) is 2.82. The van der Waals surface area contributed by atoms with E-state index in [1.54, 1.807) is 24.3 Å². The van der Waals surface area contributed by atoms with Crippen molar-refractivity contribution < 1.29 is 14.4 Å². The smallest absolute Gasteiger partial charge is 0.262 e. The molecule has 0 unspecified atom stereocenters. The number of allylic oxidation sites excluding steroid dienone is 1. The van der Waals surface area contributed by atoms with Crippen molar-refractivity contribution in [2.75, 3.05) is 0 Å². The van der Waals surface area contributed by atoms with E-state index in [4.69, 9.17) is 0 Å². The summed E-state index contributed by atoms with van der Waals surface area (Å²) in [4.78, 5) is 42.3. The van der Waals surface area contributed by atoms with E-state index in [9.17, 15) is 14.4 Å². The van der Waals surface area contributed by atoms with E-state index in [0.717, 1.165) is 24.8 Å². The number of hydrogen-bond donors (Lipinski definition) is 0. The van der Waals surface area contributed by atoms with Crippen LogP contribution >= 0.6 is 0 Å². The van der Waals surface area contributed by atoms with Crippen LogP contribution in [0.4, 0.5) is 0 Å². The molecule has 1 saturated carbocycles. The van der Waals surface area contributed by atoms with Gasteiger partial charge in [0.05, 0.1) is 16.7 Å². The zero-order valence-corrected chi connectivity index (χ0v) is 18.7. The highest BCUT2D eigenvalue weighted by Gasteiger charge is 2.63. The first-order valence-electron chi connectivity index (χ1n) is 11.1. The van der Waals surface area contributed by atoms with Gasteiger partial charge in [-0.05, 0) is 60.5 Å². The molecule has 4 nitrogen and oxygen atoms in total. The highest BCUT2D eigenvalue weighted by molar-refractivity contribution is 6.22. The Hall–Kier alpha value is -2.23. The Balaban J connectivity index is 1.76. The van der Waals surface area contributed by atoms with Gasteiger partial charge in [-0.25, -0.2) is 0 Å². The lowest BCUT2D eigenvalue weighted by Crippen LogP contribution is -2.64. The molecule has 2 amide bonds. The van der Waals surface area contributed by atoms with Crippen LogP contribution in [0.15, 0.2) is 35.4 Å². The summed E-state index contributed by atoms with van der Waals surface area (Å²) in [5.74, 6) is -0.332. The monoisotopic (exact) mass is 405 g/mol. The van der Waals surface area contributed by atoms with Gasteiger partial charge < -0.3 is 0 Å². The molecule has 1 fully saturated rings. The molecular formula is C26H31NO3. The number of amides is 2. The minimum absolute atomic E-state index is 0.0242. The topological polar surface area (TPSA) is 54.5 Å². The van der Waals surface area contributed by atoms with E-state index >= 15 is 0 Å². The Morgan fingerprint density at radius 3 is 1.93 bits per heavy atom. The predicted molar refractivity (Wildman–Crippen MR) is 115 cm³/mol. The number of hydrogen-bond acceptors (Lipinski definition) is 3. The maximum absolute atomic E-state index is 13.6. The quantitative estimate of drug-likeness (QED) is 0.594. The summed E-state index contributed by atoms with van der Waals surface area (Å²) in [6, 6.07) is 7.09. The number of rotatable bonds is 1. The predicted octanol–water partition coefficient (Wildman–Crippen LogP) is 5.33. The van der Waals surface area contributed by atoms with Gasteiger partial charge in [-0.15, -0.1) is 0 Å². The van der Waals surface area contributed by atoms with Gasteiger partial charge in [0.25, 0.3) is 11.8 Å². The summed E-state index contributed by atoms with van der Waals surface area (Å²) in [6.07, 6.45) is 4.64. The fourth-order valence-corrected chi connectivity index (χ4v) is 7.69. The van der Waals surface area contributed by atoms with Gasteiger partial charge in [-0.1, -0.05) is 52.3 Å². The molecular weight excluding hydrogens is 374 g/mol. The van der Waals surface area contributed by atoms with Crippen LogP contribution in [0.3, 0.4) is 0 Å². The highest BCUT2D eigenvalue weighted by Crippen LogP contribution is 2.64. The maximum Gasteiger partial charge on any atom is 0.262 e. The third kappa shape index (κ3) is 2.61. The Labute approximate surface area is 178 Å². The van der Waals surface area contributed by atoms with Crippen LogP contribution in [0.1, 0.15) is 93.9 Å². The molecule has 0 N–H and O–H groups in total. The minimum atomic E-state index is -0.829. The van der Waals surface area contributed by atoms with Crippen LogP contribution < -0.4 is 0 Å². The first kappa shape index (κ1) is 19.7.